The number of benzene rings is 1. The summed E-state index contributed by atoms with van der Waals surface area (Å²) >= 11 is 0. The number of ether oxygens (including phenoxy) is 1. The van der Waals surface area contributed by atoms with Gasteiger partial charge in [-0.25, -0.2) is 4.39 Å². The van der Waals surface area contributed by atoms with Crippen molar-refractivity contribution in [3.8, 4) is 5.75 Å². The van der Waals surface area contributed by atoms with Gasteiger partial charge in [0.1, 0.15) is 17.7 Å². The van der Waals surface area contributed by atoms with Gasteiger partial charge in [0, 0.05) is 18.9 Å². The van der Waals surface area contributed by atoms with Crippen LogP contribution in [-0.2, 0) is 0 Å². The van der Waals surface area contributed by atoms with Crippen LogP contribution in [0, 0.1) is 12.7 Å². The summed E-state index contributed by atoms with van der Waals surface area (Å²) < 4.78 is 18.4. The summed E-state index contributed by atoms with van der Waals surface area (Å²) in [5.74, 6) is 0.298. The fourth-order valence-electron chi connectivity index (χ4n) is 1.51. The highest BCUT2D eigenvalue weighted by Crippen LogP contribution is 2.28. The second-order valence-electron chi connectivity index (χ2n) is 3.77. The van der Waals surface area contributed by atoms with Gasteiger partial charge >= 0.3 is 0 Å². The average Bonchev–Trinajstić information content (AvgIpc) is 2.09. The van der Waals surface area contributed by atoms with Crippen LogP contribution in [0.2, 0.25) is 0 Å². The van der Waals surface area contributed by atoms with Crippen molar-refractivity contribution in [1.29, 1.82) is 0 Å². The van der Waals surface area contributed by atoms with Gasteiger partial charge < -0.3 is 9.84 Å². The number of aryl methyl sites for hydroxylation is 1. The predicted molar refractivity (Wildman–Crippen MR) is 50.8 cm³/mol. The number of hydrogen-bond donors (Lipinski definition) is 1. The quantitative estimate of drug-likeness (QED) is 0.784. The molecule has 2 rings (SSSR count). The van der Waals surface area contributed by atoms with Crippen LogP contribution < -0.4 is 4.74 Å². The van der Waals surface area contributed by atoms with E-state index >= 15 is 0 Å². The van der Waals surface area contributed by atoms with E-state index < -0.39 is 0 Å². The van der Waals surface area contributed by atoms with Crippen LogP contribution >= 0.6 is 0 Å². The first-order valence-corrected chi connectivity index (χ1v) is 4.76. The summed E-state index contributed by atoms with van der Waals surface area (Å²) in [5, 5.41) is 9.07. The number of aliphatic hydroxyl groups excluding tert-OH is 1. The van der Waals surface area contributed by atoms with Crippen LogP contribution in [0.15, 0.2) is 18.2 Å². The molecule has 1 saturated carbocycles. The highest BCUT2D eigenvalue weighted by Gasteiger charge is 2.29. The molecule has 76 valence electrons. The molecular formula is C11H13FO2. The molecule has 0 aromatic heterocycles. The van der Waals surface area contributed by atoms with Gasteiger partial charge in [-0.3, -0.25) is 0 Å². The number of hydrogen-bond acceptors (Lipinski definition) is 2. The van der Waals surface area contributed by atoms with E-state index in [9.17, 15) is 4.39 Å². The summed E-state index contributed by atoms with van der Waals surface area (Å²) in [6.45, 7) is 1.88. The van der Waals surface area contributed by atoms with Crippen molar-refractivity contribution in [2.24, 2.45) is 0 Å². The normalized spacial score (nSPS) is 25.6. The lowest BCUT2D eigenvalue weighted by atomic mass is 9.92. The summed E-state index contributed by atoms with van der Waals surface area (Å²) in [4.78, 5) is 0. The van der Waals surface area contributed by atoms with E-state index in [-0.39, 0.29) is 18.0 Å². The standard InChI is InChI=1S/C11H13FO2/c1-7-2-3-8(12)4-11(7)14-10-5-9(13)6-10/h2-4,9-10,13H,5-6H2,1H3. The zero-order chi connectivity index (χ0) is 10.1. The van der Waals surface area contributed by atoms with Gasteiger partial charge in [0.25, 0.3) is 0 Å². The number of rotatable bonds is 2. The smallest absolute Gasteiger partial charge is 0.126 e. The summed E-state index contributed by atoms with van der Waals surface area (Å²) in [6.07, 6.45) is 1.10. The lowest BCUT2D eigenvalue weighted by molar-refractivity contribution is -0.0111. The molecule has 0 amide bonds. The highest BCUT2D eigenvalue weighted by atomic mass is 19.1. The van der Waals surface area contributed by atoms with Crippen LogP contribution in [0.1, 0.15) is 18.4 Å². The van der Waals surface area contributed by atoms with Crippen LogP contribution in [0.25, 0.3) is 0 Å². The molecule has 14 heavy (non-hydrogen) atoms. The summed E-state index contributed by atoms with van der Waals surface area (Å²) in [5.41, 5.74) is 0.924. The monoisotopic (exact) mass is 196 g/mol. The summed E-state index contributed by atoms with van der Waals surface area (Å²) in [6, 6.07) is 4.50. The lowest BCUT2D eigenvalue weighted by Gasteiger charge is -2.32. The molecule has 1 aliphatic rings. The van der Waals surface area contributed by atoms with E-state index in [2.05, 4.69) is 0 Å². The minimum Gasteiger partial charge on any atom is -0.490 e. The van der Waals surface area contributed by atoms with Gasteiger partial charge in [-0.15, -0.1) is 0 Å². The predicted octanol–water partition coefficient (Wildman–Crippen LogP) is 2.04. The molecule has 2 nitrogen and oxygen atoms in total. The Labute approximate surface area is 82.3 Å². The topological polar surface area (TPSA) is 29.5 Å². The first-order chi connectivity index (χ1) is 6.65. The van der Waals surface area contributed by atoms with Crippen molar-refractivity contribution in [3.05, 3.63) is 29.6 Å². The van der Waals surface area contributed by atoms with Gasteiger partial charge in [-0.1, -0.05) is 6.07 Å². The molecule has 0 heterocycles. The van der Waals surface area contributed by atoms with Crippen LogP contribution in [-0.4, -0.2) is 17.3 Å². The molecule has 0 saturated heterocycles. The Bertz CT molecular complexity index is 332. The third kappa shape index (κ3) is 1.87. The SMILES string of the molecule is Cc1ccc(F)cc1OC1CC(O)C1. The van der Waals surface area contributed by atoms with Crippen LogP contribution in [0.3, 0.4) is 0 Å². The zero-order valence-electron chi connectivity index (χ0n) is 8.03. The van der Waals surface area contributed by atoms with Crippen molar-refractivity contribution in [1.82, 2.24) is 0 Å². The molecule has 0 unspecified atom stereocenters. The van der Waals surface area contributed by atoms with Gasteiger partial charge in [-0.2, -0.15) is 0 Å². The van der Waals surface area contributed by atoms with E-state index in [0.717, 1.165) is 5.56 Å². The second kappa shape index (κ2) is 3.58. The molecule has 1 N–H and O–H groups in total. The Morgan fingerprint density at radius 1 is 1.43 bits per heavy atom. The fourth-order valence-corrected chi connectivity index (χ4v) is 1.51. The second-order valence-corrected chi connectivity index (χ2v) is 3.77. The maximum Gasteiger partial charge on any atom is 0.126 e. The Hall–Kier alpha value is -1.09. The third-order valence-electron chi connectivity index (χ3n) is 2.51. The molecule has 1 aromatic rings. The van der Waals surface area contributed by atoms with E-state index in [1.165, 1.54) is 12.1 Å². The minimum atomic E-state index is -0.287. The largest absolute Gasteiger partial charge is 0.490 e. The first kappa shape index (κ1) is 9.46. The van der Waals surface area contributed by atoms with Gasteiger partial charge in [0.05, 0.1) is 6.10 Å². The Balaban J connectivity index is 2.05. The third-order valence-corrected chi connectivity index (χ3v) is 2.51. The molecule has 0 radical (unpaired) electrons. The Morgan fingerprint density at radius 3 is 2.79 bits per heavy atom. The molecule has 1 aliphatic carbocycles. The first-order valence-electron chi connectivity index (χ1n) is 4.76. The van der Waals surface area contributed by atoms with Crippen molar-refractivity contribution in [2.45, 2.75) is 32.0 Å². The lowest BCUT2D eigenvalue weighted by Crippen LogP contribution is -2.37. The molecule has 0 spiro atoms. The molecular weight excluding hydrogens is 183 g/mol. The van der Waals surface area contributed by atoms with Crippen molar-refractivity contribution < 1.29 is 14.2 Å². The molecule has 0 bridgehead atoms. The Morgan fingerprint density at radius 2 is 2.14 bits per heavy atom. The average molecular weight is 196 g/mol. The van der Waals surface area contributed by atoms with E-state index in [0.29, 0.717) is 18.6 Å². The van der Waals surface area contributed by atoms with Gasteiger partial charge in [0.2, 0.25) is 0 Å². The summed E-state index contributed by atoms with van der Waals surface area (Å²) in [7, 11) is 0. The molecule has 1 aromatic carbocycles. The van der Waals surface area contributed by atoms with Crippen LogP contribution in [0.5, 0.6) is 5.75 Å². The molecule has 1 fully saturated rings. The highest BCUT2D eigenvalue weighted by molar-refractivity contribution is 5.33. The van der Waals surface area contributed by atoms with Crippen molar-refractivity contribution >= 4 is 0 Å². The number of halogens is 1. The molecule has 3 heteroatoms. The van der Waals surface area contributed by atoms with Gasteiger partial charge in [-0.05, 0) is 18.6 Å². The zero-order valence-corrected chi connectivity index (χ0v) is 8.03. The van der Waals surface area contributed by atoms with E-state index in [4.69, 9.17) is 9.84 Å². The van der Waals surface area contributed by atoms with Crippen LogP contribution in [0.4, 0.5) is 4.39 Å². The van der Waals surface area contributed by atoms with E-state index in [1.807, 2.05) is 6.92 Å². The molecule has 0 atom stereocenters. The fraction of sp³-hybridized carbons (Fsp3) is 0.455. The van der Waals surface area contributed by atoms with E-state index in [1.54, 1.807) is 6.07 Å². The Kier molecular flexibility index (Phi) is 2.42. The van der Waals surface area contributed by atoms with Gasteiger partial charge in [0.15, 0.2) is 0 Å². The molecule has 0 aliphatic heterocycles. The van der Waals surface area contributed by atoms with Crippen molar-refractivity contribution in [2.75, 3.05) is 0 Å². The number of aliphatic hydroxyl groups is 1. The maximum absolute atomic E-state index is 12.9. The minimum absolute atomic E-state index is 0.0468. The maximum atomic E-state index is 12.9. The van der Waals surface area contributed by atoms with Crippen molar-refractivity contribution in [3.63, 3.8) is 0 Å².